The zero-order valence-electron chi connectivity index (χ0n) is 10.8. The second-order valence-corrected chi connectivity index (χ2v) is 7.59. The number of halogens is 1. The molecule has 0 fully saturated rings. The molecule has 0 saturated heterocycles. The van der Waals surface area contributed by atoms with Crippen LogP contribution in [0.3, 0.4) is 0 Å². The van der Waals surface area contributed by atoms with E-state index in [1.54, 1.807) is 34.9 Å². The molecule has 19 heavy (non-hydrogen) atoms. The van der Waals surface area contributed by atoms with Crippen LogP contribution in [0, 0.1) is 0 Å². The van der Waals surface area contributed by atoms with Gasteiger partial charge in [-0.05, 0) is 37.9 Å². The lowest BCUT2D eigenvalue weighted by Gasteiger charge is -2.13. The Morgan fingerprint density at radius 2 is 2.05 bits per heavy atom. The second-order valence-electron chi connectivity index (χ2n) is 3.83. The van der Waals surface area contributed by atoms with Crippen LogP contribution in [0.4, 0.5) is 0 Å². The summed E-state index contributed by atoms with van der Waals surface area (Å²) in [6, 6.07) is 6.36. The van der Waals surface area contributed by atoms with Gasteiger partial charge < -0.3 is 5.32 Å². The van der Waals surface area contributed by atoms with Crippen molar-refractivity contribution in [1.82, 2.24) is 15.5 Å². The number of hydrogen-bond donors (Lipinski definition) is 1. The lowest BCUT2D eigenvalue weighted by molar-refractivity contribution is 0.652. The third kappa shape index (κ3) is 3.86. The Kier molecular flexibility index (Phi) is 5.53. The highest BCUT2D eigenvalue weighted by Crippen LogP contribution is 2.35. The Morgan fingerprint density at radius 3 is 2.63 bits per heavy atom. The van der Waals surface area contributed by atoms with Crippen molar-refractivity contribution in [3.05, 3.63) is 28.8 Å². The predicted octanol–water partition coefficient (Wildman–Crippen LogP) is 4.35. The molecule has 1 aromatic heterocycles. The summed E-state index contributed by atoms with van der Waals surface area (Å²) < 4.78 is 1.92. The van der Waals surface area contributed by atoms with Crippen LogP contribution in [0.25, 0.3) is 0 Å². The number of thioether (sulfide) groups is 1. The van der Waals surface area contributed by atoms with Crippen LogP contribution in [0.15, 0.2) is 31.8 Å². The smallest absolute Gasteiger partial charge is 0.179 e. The molecule has 2 aromatic rings. The van der Waals surface area contributed by atoms with Crippen molar-refractivity contribution >= 4 is 46.5 Å². The number of benzene rings is 1. The normalized spacial score (nSPS) is 12.6. The lowest BCUT2D eigenvalue weighted by atomic mass is 10.1. The molecule has 1 atom stereocenters. The fourth-order valence-electron chi connectivity index (χ4n) is 1.50. The average molecular weight is 332 g/mol. The molecule has 0 amide bonds. The van der Waals surface area contributed by atoms with Gasteiger partial charge in [0.2, 0.25) is 0 Å². The maximum Gasteiger partial charge on any atom is 0.179 e. The van der Waals surface area contributed by atoms with Crippen molar-refractivity contribution in [2.45, 2.75) is 26.5 Å². The van der Waals surface area contributed by atoms with Gasteiger partial charge in [0.1, 0.15) is 0 Å². The van der Waals surface area contributed by atoms with Crippen molar-refractivity contribution < 1.29 is 0 Å². The summed E-state index contributed by atoms with van der Waals surface area (Å²) in [7, 11) is 1.93. The third-order valence-corrected chi connectivity index (χ3v) is 5.91. The molecule has 0 spiro atoms. The Morgan fingerprint density at radius 1 is 1.32 bits per heavy atom. The average Bonchev–Trinajstić information content (AvgIpc) is 2.86. The molecule has 0 saturated carbocycles. The highest BCUT2D eigenvalue weighted by molar-refractivity contribution is 8.03. The summed E-state index contributed by atoms with van der Waals surface area (Å²) in [5.74, 6) is 0. The van der Waals surface area contributed by atoms with Crippen LogP contribution in [0.5, 0.6) is 0 Å². The van der Waals surface area contributed by atoms with Gasteiger partial charge in [-0.25, -0.2) is 0 Å². The molecular formula is C12H14ClN3S3. The predicted molar refractivity (Wildman–Crippen MR) is 84.7 cm³/mol. The number of rotatable bonds is 5. The third-order valence-electron chi connectivity index (χ3n) is 2.64. The van der Waals surface area contributed by atoms with Gasteiger partial charge in [0.05, 0.1) is 0 Å². The Bertz CT molecular complexity index is 559. The van der Waals surface area contributed by atoms with Crippen LogP contribution in [-0.4, -0.2) is 23.5 Å². The summed E-state index contributed by atoms with van der Waals surface area (Å²) in [5, 5.41) is 12.2. The van der Waals surface area contributed by atoms with Gasteiger partial charge >= 0.3 is 0 Å². The van der Waals surface area contributed by atoms with E-state index in [4.69, 9.17) is 11.6 Å². The summed E-state index contributed by atoms with van der Waals surface area (Å²) in [4.78, 5) is 1.08. The molecule has 0 radical (unpaired) electrons. The van der Waals surface area contributed by atoms with Crippen LogP contribution in [0.1, 0.15) is 18.5 Å². The first kappa shape index (κ1) is 15.1. The quantitative estimate of drug-likeness (QED) is 0.825. The van der Waals surface area contributed by atoms with Crippen molar-refractivity contribution in [3.63, 3.8) is 0 Å². The molecule has 2 rings (SSSR count). The van der Waals surface area contributed by atoms with Crippen LogP contribution in [-0.2, 0) is 0 Å². The summed E-state index contributed by atoms with van der Waals surface area (Å²) in [5.41, 5.74) is 1.11. The van der Waals surface area contributed by atoms with Crippen molar-refractivity contribution in [3.8, 4) is 0 Å². The highest BCUT2D eigenvalue weighted by Gasteiger charge is 2.10. The van der Waals surface area contributed by atoms with E-state index in [0.29, 0.717) is 0 Å². The van der Waals surface area contributed by atoms with E-state index in [2.05, 4.69) is 34.6 Å². The molecule has 7 heteroatoms. The van der Waals surface area contributed by atoms with Crippen LogP contribution in [0.2, 0.25) is 5.02 Å². The van der Waals surface area contributed by atoms with Gasteiger partial charge in [-0.1, -0.05) is 52.5 Å². The van der Waals surface area contributed by atoms with Gasteiger partial charge in [0.15, 0.2) is 8.68 Å². The number of hydrogen-bond acceptors (Lipinski definition) is 6. The topological polar surface area (TPSA) is 37.8 Å². The zero-order chi connectivity index (χ0) is 13.8. The minimum absolute atomic E-state index is 0.246. The molecular weight excluding hydrogens is 318 g/mol. The fraction of sp³-hybridized carbons (Fsp3) is 0.333. The van der Waals surface area contributed by atoms with Gasteiger partial charge in [-0.15, -0.1) is 10.2 Å². The zero-order valence-corrected chi connectivity index (χ0v) is 14.0. The largest absolute Gasteiger partial charge is 0.313 e. The first-order valence-corrected chi connectivity index (χ1v) is 8.89. The van der Waals surface area contributed by atoms with E-state index in [1.807, 2.05) is 19.4 Å². The van der Waals surface area contributed by atoms with E-state index in [9.17, 15) is 0 Å². The molecule has 1 heterocycles. The molecule has 0 aliphatic rings. The standard InChI is InChI=1S/C12H14ClN3S3/c1-7(14-2)9-5-4-8(6-10(9)13)18-12-16-15-11(17-3)19-12/h4-7,14H,1-3H3. The SMILES string of the molecule is CNC(C)c1ccc(Sc2nnc(SC)s2)cc1Cl. The molecule has 1 N–H and O–H groups in total. The van der Waals surface area contributed by atoms with Gasteiger partial charge in [0, 0.05) is 16.0 Å². The van der Waals surface area contributed by atoms with Gasteiger partial charge in [-0.3, -0.25) is 0 Å². The minimum atomic E-state index is 0.246. The Hall–Kier alpha value is -0.270. The van der Waals surface area contributed by atoms with Crippen molar-refractivity contribution in [2.24, 2.45) is 0 Å². The molecule has 0 bridgehead atoms. The molecule has 1 aromatic carbocycles. The second kappa shape index (κ2) is 6.95. The first-order chi connectivity index (χ1) is 9.13. The molecule has 102 valence electrons. The minimum Gasteiger partial charge on any atom is -0.313 e. The highest BCUT2D eigenvalue weighted by atomic mass is 35.5. The van der Waals surface area contributed by atoms with E-state index >= 15 is 0 Å². The van der Waals surface area contributed by atoms with Crippen molar-refractivity contribution in [2.75, 3.05) is 13.3 Å². The van der Waals surface area contributed by atoms with Gasteiger partial charge in [0.25, 0.3) is 0 Å². The molecule has 1 unspecified atom stereocenters. The van der Waals surface area contributed by atoms with Crippen LogP contribution >= 0.6 is 46.5 Å². The summed E-state index contributed by atoms with van der Waals surface area (Å²) in [6.07, 6.45) is 2.00. The van der Waals surface area contributed by atoms with E-state index in [1.165, 1.54) is 0 Å². The van der Waals surface area contributed by atoms with Crippen LogP contribution < -0.4 is 5.32 Å². The number of aromatic nitrogens is 2. The summed E-state index contributed by atoms with van der Waals surface area (Å²) >= 11 is 11.1. The molecule has 0 aliphatic carbocycles. The molecule has 3 nitrogen and oxygen atoms in total. The number of nitrogens with zero attached hydrogens (tertiary/aromatic N) is 2. The Labute approximate surface area is 130 Å². The lowest BCUT2D eigenvalue weighted by Crippen LogP contribution is -2.12. The van der Waals surface area contributed by atoms with E-state index in [-0.39, 0.29) is 6.04 Å². The molecule has 0 aliphatic heterocycles. The first-order valence-electron chi connectivity index (χ1n) is 5.66. The van der Waals surface area contributed by atoms with Gasteiger partial charge in [-0.2, -0.15) is 0 Å². The number of nitrogens with one attached hydrogen (secondary N) is 1. The van der Waals surface area contributed by atoms with E-state index < -0.39 is 0 Å². The van der Waals surface area contributed by atoms with E-state index in [0.717, 1.165) is 24.2 Å². The summed E-state index contributed by atoms with van der Waals surface area (Å²) in [6.45, 7) is 2.09. The van der Waals surface area contributed by atoms with Crippen molar-refractivity contribution in [1.29, 1.82) is 0 Å². The maximum absolute atomic E-state index is 6.31. The Balaban J connectivity index is 2.15. The monoisotopic (exact) mass is 331 g/mol. The maximum atomic E-state index is 6.31. The fourth-order valence-corrected chi connectivity index (χ4v) is 4.36.